The lowest BCUT2D eigenvalue weighted by Gasteiger charge is -2.16. The maximum absolute atomic E-state index is 12.2. The minimum absolute atomic E-state index is 0.0758. The summed E-state index contributed by atoms with van der Waals surface area (Å²) in [6.07, 6.45) is 2.81. The lowest BCUT2D eigenvalue weighted by Crippen LogP contribution is -2.17. The molecule has 0 bridgehead atoms. The largest absolute Gasteiger partial charge is 0.494 e. The van der Waals surface area contributed by atoms with Gasteiger partial charge in [-0.2, -0.15) is 0 Å². The van der Waals surface area contributed by atoms with E-state index in [0.717, 1.165) is 29.4 Å². The van der Waals surface area contributed by atoms with Crippen molar-refractivity contribution in [2.24, 2.45) is 0 Å². The first-order valence-corrected chi connectivity index (χ1v) is 12.5. The smallest absolute Gasteiger partial charge is 0.177 e. The summed E-state index contributed by atoms with van der Waals surface area (Å²) in [7, 11) is -6.61. The van der Waals surface area contributed by atoms with Crippen molar-refractivity contribution in [1.29, 1.82) is 0 Å². The molecular formula is C19H25NO5S2. The van der Waals surface area contributed by atoms with Crippen LogP contribution in [-0.2, 0) is 26.1 Å². The molecule has 0 radical (unpaired) electrons. The number of benzene rings is 2. The highest BCUT2D eigenvalue weighted by Crippen LogP contribution is 2.28. The minimum Gasteiger partial charge on any atom is -0.494 e. The molecule has 0 saturated carbocycles. The standard InChI is InChI=1S/C19H25NO5S2/c1-4-25-17-10-8-15(9-11-17)14-16-6-5-7-18(27(3,23)24)19(16)20-12-13-26(2,21)22/h5-11,20H,4,12-14H2,1-3H3. The molecule has 0 saturated heterocycles. The first-order chi connectivity index (χ1) is 12.6. The van der Waals surface area contributed by atoms with Crippen molar-refractivity contribution in [3.8, 4) is 5.75 Å². The zero-order valence-electron chi connectivity index (χ0n) is 15.7. The van der Waals surface area contributed by atoms with Crippen LogP contribution in [0.25, 0.3) is 0 Å². The summed E-state index contributed by atoms with van der Waals surface area (Å²) in [5.74, 6) is 0.700. The van der Waals surface area contributed by atoms with Crippen LogP contribution in [0.15, 0.2) is 47.4 Å². The molecule has 2 aromatic carbocycles. The van der Waals surface area contributed by atoms with Crippen molar-refractivity contribution in [3.05, 3.63) is 53.6 Å². The van der Waals surface area contributed by atoms with Crippen molar-refractivity contribution in [3.63, 3.8) is 0 Å². The van der Waals surface area contributed by atoms with Crippen LogP contribution in [-0.4, -0.2) is 48.3 Å². The molecule has 0 spiro atoms. The molecule has 27 heavy (non-hydrogen) atoms. The maximum Gasteiger partial charge on any atom is 0.177 e. The van der Waals surface area contributed by atoms with E-state index in [0.29, 0.717) is 18.7 Å². The second-order valence-corrected chi connectivity index (χ2v) is 10.6. The number of rotatable bonds is 9. The third-order valence-electron chi connectivity index (χ3n) is 3.92. The van der Waals surface area contributed by atoms with Crippen LogP contribution >= 0.6 is 0 Å². The summed E-state index contributed by atoms with van der Waals surface area (Å²) in [5, 5.41) is 3.01. The number of sulfone groups is 2. The summed E-state index contributed by atoms with van der Waals surface area (Å²) in [4.78, 5) is 0.166. The van der Waals surface area contributed by atoms with E-state index in [9.17, 15) is 16.8 Å². The lowest BCUT2D eigenvalue weighted by molar-refractivity contribution is 0.340. The molecule has 0 amide bonds. The summed E-state index contributed by atoms with van der Waals surface area (Å²) < 4.78 is 52.5. The Hall–Kier alpha value is -2.06. The molecule has 148 valence electrons. The number of nitrogens with one attached hydrogen (secondary N) is 1. The Balaban J connectivity index is 2.33. The van der Waals surface area contributed by atoms with Crippen LogP contribution < -0.4 is 10.1 Å². The summed E-state index contributed by atoms with van der Waals surface area (Å²) in [6.45, 7) is 2.64. The Morgan fingerprint density at radius 1 is 0.963 bits per heavy atom. The summed E-state index contributed by atoms with van der Waals surface area (Å²) in [5.41, 5.74) is 2.24. The fraction of sp³-hybridized carbons (Fsp3) is 0.368. The van der Waals surface area contributed by atoms with Gasteiger partial charge in [0.05, 0.1) is 22.9 Å². The molecule has 0 heterocycles. The molecule has 8 heteroatoms. The van der Waals surface area contributed by atoms with Crippen molar-refractivity contribution < 1.29 is 21.6 Å². The third kappa shape index (κ3) is 6.55. The highest BCUT2D eigenvalue weighted by atomic mass is 32.2. The average Bonchev–Trinajstić information content (AvgIpc) is 2.56. The Bertz CT molecular complexity index is 981. The van der Waals surface area contributed by atoms with Gasteiger partial charge in [0, 0.05) is 19.1 Å². The molecule has 1 N–H and O–H groups in total. The second-order valence-electron chi connectivity index (χ2n) is 6.37. The van der Waals surface area contributed by atoms with Gasteiger partial charge in [0.2, 0.25) is 0 Å². The topological polar surface area (TPSA) is 89.5 Å². The fourth-order valence-corrected chi connectivity index (χ4v) is 4.06. The first-order valence-electron chi connectivity index (χ1n) is 8.55. The highest BCUT2D eigenvalue weighted by Gasteiger charge is 2.17. The minimum atomic E-state index is -3.46. The zero-order valence-corrected chi connectivity index (χ0v) is 17.4. The number of anilines is 1. The lowest BCUT2D eigenvalue weighted by atomic mass is 10.0. The van der Waals surface area contributed by atoms with Gasteiger partial charge in [-0.25, -0.2) is 16.8 Å². The quantitative estimate of drug-likeness (QED) is 0.682. The zero-order chi connectivity index (χ0) is 20.1. The van der Waals surface area contributed by atoms with Gasteiger partial charge in [-0.3, -0.25) is 0 Å². The van der Waals surface area contributed by atoms with Gasteiger partial charge in [-0.15, -0.1) is 0 Å². The maximum atomic E-state index is 12.2. The van der Waals surface area contributed by atoms with E-state index in [4.69, 9.17) is 4.74 Å². The van der Waals surface area contributed by atoms with Crippen molar-refractivity contribution in [1.82, 2.24) is 0 Å². The second kappa shape index (κ2) is 8.75. The molecule has 2 rings (SSSR count). The number of hydrogen-bond donors (Lipinski definition) is 1. The van der Waals surface area contributed by atoms with Crippen LogP contribution in [0.1, 0.15) is 18.1 Å². The predicted octanol–water partition coefficient (Wildman–Crippen LogP) is 2.54. The van der Waals surface area contributed by atoms with Crippen LogP contribution in [0.2, 0.25) is 0 Å². The van der Waals surface area contributed by atoms with E-state index < -0.39 is 19.7 Å². The van der Waals surface area contributed by atoms with Crippen LogP contribution in [0, 0.1) is 0 Å². The monoisotopic (exact) mass is 411 g/mol. The Morgan fingerprint density at radius 3 is 2.19 bits per heavy atom. The highest BCUT2D eigenvalue weighted by molar-refractivity contribution is 7.91. The van der Waals surface area contributed by atoms with Gasteiger partial charge in [-0.1, -0.05) is 24.3 Å². The van der Waals surface area contributed by atoms with Gasteiger partial charge >= 0.3 is 0 Å². The molecule has 2 aromatic rings. The first kappa shape index (κ1) is 21.2. The van der Waals surface area contributed by atoms with Crippen molar-refractivity contribution in [2.45, 2.75) is 18.2 Å². The van der Waals surface area contributed by atoms with Gasteiger partial charge in [0.25, 0.3) is 0 Å². The number of ether oxygens (including phenoxy) is 1. The number of para-hydroxylation sites is 1. The van der Waals surface area contributed by atoms with Gasteiger partial charge < -0.3 is 10.1 Å². The van der Waals surface area contributed by atoms with Crippen molar-refractivity contribution in [2.75, 3.05) is 36.7 Å². The van der Waals surface area contributed by atoms with Gasteiger partial charge in [0.1, 0.15) is 15.6 Å². The van der Waals surface area contributed by atoms with Crippen LogP contribution in [0.4, 0.5) is 5.69 Å². The molecule has 0 aromatic heterocycles. The Labute approximate surface area is 161 Å². The molecule has 6 nitrogen and oxygen atoms in total. The SMILES string of the molecule is CCOc1ccc(Cc2cccc(S(C)(=O)=O)c2NCCS(C)(=O)=O)cc1. The number of hydrogen-bond acceptors (Lipinski definition) is 6. The Kier molecular flexibility index (Phi) is 6.89. The molecule has 0 atom stereocenters. The predicted molar refractivity (Wildman–Crippen MR) is 108 cm³/mol. The Morgan fingerprint density at radius 2 is 1.63 bits per heavy atom. The molecular weight excluding hydrogens is 386 g/mol. The molecule has 0 aliphatic rings. The van der Waals surface area contributed by atoms with E-state index in [1.807, 2.05) is 37.3 Å². The van der Waals surface area contributed by atoms with Gasteiger partial charge in [0.15, 0.2) is 9.84 Å². The van der Waals surface area contributed by atoms with E-state index in [-0.39, 0.29) is 17.2 Å². The molecule has 0 fully saturated rings. The normalized spacial score (nSPS) is 12.0. The molecule has 0 aliphatic heterocycles. The van der Waals surface area contributed by atoms with Crippen molar-refractivity contribution >= 4 is 25.4 Å². The van der Waals surface area contributed by atoms with E-state index in [2.05, 4.69) is 5.32 Å². The third-order valence-corrected chi connectivity index (χ3v) is 6.00. The van der Waals surface area contributed by atoms with Gasteiger partial charge in [-0.05, 0) is 42.7 Å². The van der Waals surface area contributed by atoms with Crippen LogP contribution in [0.5, 0.6) is 5.75 Å². The molecule has 0 unspecified atom stereocenters. The summed E-state index contributed by atoms with van der Waals surface area (Å²) >= 11 is 0. The van der Waals surface area contributed by atoms with E-state index >= 15 is 0 Å². The van der Waals surface area contributed by atoms with Crippen LogP contribution in [0.3, 0.4) is 0 Å². The van der Waals surface area contributed by atoms with E-state index in [1.54, 1.807) is 6.07 Å². The summed E-state index contributed by atoms with van der Waals surface area (Å²) in [6, 6.07) is 12.7. The van der Waals surface area contributed by atoms with E-state index in [1.165, 1.54) is 6.07 Å². The average molecular weight is 412 g/mol. The fourth-order valence-electron chi connectivity index (χ4n) is 2.69. The molecule has 0 aliphatic carbocycles.